The maximum Gasteiger partial charge on any atom is 0.323 e. The van der Waals surface area contributed by atoms with Gasteiger partial charge in [0.25, 0.3) is 11.8 Å². The fourth-order valence-electron chi connectivity index (χ4n) is 4.93. The molecule has 12 heteroatoms. The summed E-state index contributed by atoms with van der Waals surface area (Å²) >= 11 is 1.33. The molecule has 1 aromatic carbocycles. The van der Waals surface area contributed by atoms with Crippen molar-refractivity contribution in [3.63, 3.8) is 0 Å². The lowest BCUT2D eigenvalue weighted by atomic mass is 10.0. The van der Waals surface area contributed by atoms with Gasteiger partial charge in [0.15, 0.2) is 0 Å². The minimum absolute atomic E-state index is 0.149. The van der Waals surface area contributed by atoms with Crippen molar-refractivity contribution in [2.75, 3.05) is 39.0 Å². The Morgan fingerprint density at radius 1 is 1.08 bits per heavy atom. The molecule has 4 amide bonds. The molecule has 0 radical (unpaired) electrons. The first-order valence-electron chi connectivity index (χ1n) is 13.2. The molecule has 0 aliphatic carbocycles. The second kappa shape index (κ2) is 11.7. The van der Waals surface area contributed by atoms with Crippen molar-refractivity contribution in [3.05, 3.63) is 45.8 Å². The van der Waals surface area contributed by atoms with Crippen LogP contribution in [0.4, 0.5) is 9.80 Å². The summed E-state index contributed by atoms with van der Waals surface area (Å²) in [5, 5.41) is 5.62. The number of carbonyl (C=O) groups excluding carboxylic acids is 3. The van der Waals surface area contributed by atoms with Crippen LogP contribution in [0.15, 0.2) is 29.2 Å². The quantitative estimate of drug-likeness (QED) is 0.543. The Balaban J connectivity index is 1.58. The van der Waals surface area contributed by atoms with Gasteiger partial charge in [0, 0.05) is 56.8 Å². The zero-order valence-corrected chi connectivity index (χ0v) is 24.7. The summed E-state index contributed by atoms with van der Waals surface area (Å²) in [6.07, 6.45) is 2.47. The van der Waals surface area contributed by atoms with E-state index in [1.807, 2.05) is 6.92 Å². The van der Waals surface area contributed by atoms with E-state index in [0.717, 1.165) is 29.8 Å². The molecule has 2 aliphatic heterocycles. The fraction of sp³-hybridized carbons (Fsp3) is 0.519. The Morgan fingerprint density at radius 2 is 1.77 bits per heavy atom. The first-order valence-corrected chi connectivity index (χ1v) is 15.5. The monoisotopic (exact) mass is 575 g/mol. The Bertz CT molecular complexity index is 1350. The molecule has 2 aromatic rings. The van der Waals surface area contributed by atoms with Crippen molar-refractivity contribution in [1.29, 1.82) is 0 Å². The number of urea groups is 1. The highest BCUT2D eigenvalue weighted by atomic mass is 32.2. The molecule has 212 valence electrons. The number of amides is 4. The molecule has 2 aliphatic rings. The third kappa shape index (κ3) is 6.34. The van der Waals surface area contributed by atoms with E-state index in [2.05, 4.69) is 29.4 Å². The van der Waals surface area contributed by atoms with Gasteiger partial charge in [-0.15, -0.1) is 11.3 Å². The van der Waals surface area contributed by atoms with Gasteiger partial charge in [0.2, 0.25) is 10.0 Å². The average Bonchev–Trinajstić information content (AvgIpc) is 3.25. The smallest absolute Gasteiger partial charge is 0.323 e. The number of nitrogens with one attached hydrogen (secondary N) is 2. The van der Waals surface area contributed by atoms with Crippen LogP contribution in [0.25, 0.3) is 0 Å². The van der Waals surface area contributed by atoms with Crippen molar-refractivity contribution in [2.24, 2.45) is 5.92 Å². The Morgan fingerprint density at radius 3 is 2.38 bits per heavy atom. The highest BCUT2D eigenvalue weighted by molar-refractivity contribution is 7.89. The van der Waals surface area contributed by atoms with Crippen LogP contribution < -0.4 is 10.6 Å². The standard InChI is InChI=1S/C27H37N5O5S2/c1-17(2)31-14-12-21-22(16-31)38-26(23(21)25(34)29-27(35)30(4)5)28-24(33)19-8-10-20(11-9-19)39(36,37)32-13-6-7-18(3)15-32/h8-11,17-18H,6-7,12-16H2,1-5H3,(H,28,33)(H,29,34,35). The molecule has 0 bridgehead atoms. The van der Waals surface area contributed by atoms with E-state index in [0.29, 0.717) is 48.6 Å². The number of fused-ring (bicyclic) bond motifs is 1. The van der Waals surface area contributed by atoms with Gasteiger partial charge in [-0.25, -0.2) is 13.2 Å². The van der Waals surface area contributed by atoms with Crippen molar-refractivity contribution in [1.82, 2.24) is 19.4 Å². The third-order valence-corrected chi connectivity index (χ3v) is 10.3. The molecule has 2 N–H and O–H groups in total. The van der Waals surface area contributed by atoms with Gasteiger partial charge in [-0.3, -0.25) is 19.8 Å². The molecule has 1 atom stereocenters. The molecule has 1 aromatic heterocycles. The summed E-state index contributed by atoms with van der Waals surface area (Å²) in [4.78, 5) is 43.3. The first-order chi connectivity index (χ1) is 18.4. The van der Waals surface area contributed by atoms with Crippen LogP contribution in [-0.2, 0) is 23.0 Å². The van der Waals surface area contributed by atoms with Crippen LogP contribution in [0.2, 0.25) is 0 Å². The summed E-state index contributed by atoms with van der Waals surface area (Å²) < 4.78 is 27.7. The van der Waals surface area contributed by atoms with Crippen LogP contribution >= 0.6 is 11.3 Å². The minimum atomic E-state index is -3.64. The van der Waals surface area contributed by atoms with E-state index in [1.165, 1.54) is 44.8 Å². The fourth-order valence-corrected chi connectivity index (χ4v) is 7.80. The predicted molar refractivity (Wildman–Crippen MR) is 152 cm³/mol. The number of thiophene rings is 1. The van der Waals surface area contributed by atoms with Crippen molar-refractivity contribution in [2.45, 2.75) is 57.5 Å². The zero-order chi connectivity index (χ0) is 28.5. The maximum absolute atomic E-state index is 13.2. The molecule has 0 spiro atoms. The van der Waals surface area contributed by atoms with E-state index in [4.69, 9.17) is 0 Å². The number of imide groups is 1. The van der Waals surface area contributed by atoms with E-state index in [-0.39, 0.29) is 10.5 Å². The van der Waals surface area contributed by atoms with Gasteiger partial charge < -0.3 is 10.2 Å². The lowest BCUT2D eigenvalue weighted by Crippen LogP contribution is -2.40. The van der Waals surface area contributed by atoms with E-state index < -0.39 is 27.9 Å². The number of anilines is 1. The highest BCUT2D eigenvalue weighted by Crippen LogP contribution is 2.38. The average molecular weight is 576 g/mol. The normalized spacial score (nSPS) is 18.5. The molecule has 1 fully saturated rings. The molecule has 1 unspecified atom stereocenters. The molecule has 1 saturated heterocycles. The van der Waals surface area contributed by atoms with Crippen LogP contribution in [-0.4, -0.2) is 80.1 Å². The summed E-state index contributed by atoms with van der Waals surface area (Å²) in [5.74, 6) is -0.711. The number of benzene rings is 1. The lowest BCUT2D eigenvalue weighted by Gasteiger charge is -2.30. The number of hydrogen-bond donors (Lipinski definition) is 2. The summed E-state index contributed by atoms with van der Waals surface area (Å²) in [7, 11) is -0.545. The van der Waals surface area contributed by atoms with Gasteiger partial charge in [-0.1, -0.05) is 6.92 Å². The second-order valence-electron chi connectivity index (χ2n) is 10.8. The topological polar surface area (TPSA) is 119 Å². The van der Waals surface area contributed by atoms with Gasteiger partial charge >= 0.3 is 6.03 Å². The molecule has 3 heterocycles. The number of piperidine rings is 1. The molecular formula is C27H37N5O5S2. The Labute approximate surface area is 234 Å². The van der Waals surface area contributed by atoms with Crippen molar-refractivity contribution >= 4 is 44.2 Å². The second-order valence-corrected chi connectivity index (χ2v) is 13.8. The molecule has 4 rings (SSSR count). The number of hydrogen-bond acceptors (Lipinski definition) is 7. The first kappa shape index (κ1) is 29.2. The van der Waals surface area contributed by atoms with Crippen LogP contribution in [0.5, 0.6) is 0 Å². The van der Waals surface area contributed by atoms with Gasteiger partial charge in [-0.05, 0) is 68.9 Å². The molecule has 39 heavy (non-hydrogen) atoms. The van der Waals surface area contributed by atoms with Gasteiger partial charge in [0.05, 0.1) is 10.5 Å². The van der Waals surface area contributed by atoms with Crippen molar-refractivity contribution in [3.8, 4) is 0 Å². The number of sulfonamides is 1. The third-order valence-electron chi connectivity index (χ3n) is 7.27. The summed E-state index contributed by atoms with van der Waals surface area (Å²) in [6, 6.07) is 5.66. The largest absolute Gasteiger partial charge is 0.331 e. The van der Waals surface area contributed by atoms with E-state index >= 15 is 0 Å². The molecule has 0 saturated carbocycles. The number of carbonyl (C=O) groups is 3. The Hall–Kier alpha value is -2.80. The van der Waals surface area contributed by atoms with Gasteiger partial charge in [-0.2, -0.15) is 4.31 Å². The SMILES string of the molecule is CC1CCCN(S(=O)(=O)c2ccc(C(=O)Nc3sc4c(c3C(=O)NC(=O)N(C)C)CCN(C(C)C)C4)cc2)C1. The summed E-state index contributed by atoms with van der Waals surface area (Å²) in [5.41, 5.74) is 1.42. The summed E-state index contributed by atoms with van der Waals surface area (Å²) in [6.45, 7) is 8.67. The Kier molecular flexibility index (Phi) is 8.79. The van der Waals surface area contributed by atoms with Crippen LogP contribution in [0.3, 0.4) is 0 Å². The van der Waals surface area contributed by atoms with Crippen LogP contribution in [0, 0.1) is 5.92 Å². The molecular weight excluding hydrogens is 538 g/mol. The zero-order valence-electron chi connectivity index (χ0n) is 23.1. The number of rotatable bonds is 6. The van der Waals surface area contributed by atoms with E-state index in [9.17, 15) is 22.8 Å². The maximum atomic E-state index is 13.2. The lowest BCUT2D eigenvalue weighted by molar-refractivity contribution is 0.0956. The number of nitrogens with zero attached hydrogens (tertiary/aromatic N) is 3. The molecule has 10 nitrogen and oxygen atoms in total. The highest BCUT2D eigenvalue weighted by Gasteiger charge is 2.31. The predicted octanol–water partition coefficient (Wildman–Crippen LogP) is 3.60. The van der Waals surface area contributed by atoms with Gasteiger partial charge in [0.1, 0.15) is 5.00 Å². The minimum Gasteiger partial charge on any atom is -0.331 e. The van der Waals surface area contributed by atoms with Crippen molar-refractivity contribution < 1.29 is 22.8 Å². The van der Waals surface area contributed by atoms with E-state index in [1.54, 1.807) is 14.1 Å². The van der Waals surface area contributed by atoms with Crippen LogP contribution in [0.1, 0.15) is 64.8 Å².